The summed E-state index contributed by atoms with van der Waals surface area (Å²) in [7, 11) is 0. The van der Waals surface area contributed by atoms with Crippen molar-refractivity contribution in [2.75, 3.05) is 0 Å². The lowest BCUT2D eigenvalue weighted by atomic mass is 9.86. The van der Waals surface area contributed by atoms with Crippen LogP contribution < -0.4 is 0 Å². The molecule has 2 aromatic heterocycles. The second-order valence-electron chi connectivity index (χ2n) is 16.6. The summed E-state index contributed by atoms with van der Waals surface area (Å²) < 4.78 is 4.84. The first kappa shape index (κ1) is 34.0. The van der Waals surface area contributed by atoms with Gasteiger partial charge in [-0.05, 0) is 127 Å². The van der Waals surface area contributed by atoms with E-state index in [4.69, 9.17) is 0 Å². The van der Waals surface area contributed by atoms with Crippen LogP contribution in [0, 0.1) is 6.92 Å². The zero-order chi connectivity index (χ0) is 40.2. The molecule has 284 valence electrons. The Kier molecular flexibility index (Phi) is 7.26. The van der Waals surface area contributed by atoms with Crippen LogP contribution in [0.2, 0.25) is 0 Å². The van der Waals surface area contributed by atoms with E-state index < -0.39 is 0 Å². The summed E-state index contributed by atoms with van der Waals surface area (Å²) >= 11 is 0. The molecule has 11 aromatic carbocycles. The maximum Gasteiger partial charge on any atom is 0.0541 e. The van der Waals surface area contributed by atoms with E-state index in [-0.39, 0.29) is 0 Å². The molecule has 2 heteroatoms. The summed E-state index contributed by atoms with van der Waals surface area (Å²) in [6.45, 7) is 2.15. The van der Waals surface area contributed by atoms with Crippen LogP contribution in [0.1, 0.15) is 5.56 Å². The fraction of sp³-hybridized carbons (Fsp3) is 0.0169. The third-order valence-corrected chi connectivity index (χ3v) is 13.1. The van der Waals surface area contributed by atoms with E-state index >= 15 is 0 Å². The Morgan fingerprint density at radius 3 is 1.20 bits per heavy atom. The molecule has 0 spiro atoms. The number of hydrogen-bond acceptors (Lipinski definition) is 0. The van der Waals surface area contributed by atoms with Crippen LogP contribution in [-0.4, -0.2) is 9.13 Å². The topological polar surface area (TPSA) is 9.86 Å². The van der Waals surface area contributed by atoms with Crippen LogP contribution in [0.5, 0.6) is 0 Å². The molecule has 0 fully saturated rings. The monoisotopic (exact) mass is 774 g/mol. The van der Waals surface area contributed by atoms with Gasteiger partial charge in [-0.1, -0.05) is 163 Å². The van der Waals surface area contributed by atoms with Gasteiger partial charge in [0.25, 0.3) is 0 Å². The Morgan fingerprint density at radius 1 is 0.279 bits per heavy atom. The van der Waals surface area contributed by atoms with Gasteiger partial charge in [0.05, 0.1) is 22.1 Å². The lowest BCUT2D eigenvalue weighted by Gasteiger charge is -2.18. The van der Waals surface area contributed by atoms with Gasteiger partial charge in [0, 0.05) is 32.9 Å². The number of aromatic nitrogens is 2. The molecule has 13 aromatic rings. The Balaban J connectivity index is 1.04. The van der Waals surface area contributed by atoms with Crippen LogP contribution in [0.25, 0.3) is 121 Å². The van der Waals surface area contributed by atoms with Gasteiger partial charge in [0.1, 0.15) is 0 Å². The van der Waals surface area contributed by atoms with Crippen molar-refractivity contribution >= 4 is 75.9 Å². The molecule has 13 rings (SSSR count). The van der Waals surface area contributed by atoms with Crippen molar-refractivity contribution in [2.45, 2.75) is 6.92 Å². The van der Waals surface area contributed by atoms with Crippen LogP contribution in [-0.2, 0) is 0 Å². The minimum atomic E-state index is 1.14. The van der Waals surface area contributed by atoms with E-state index in [9.17, 15) is 0 Å². The molecule has 0 aliphatic carbocycles. The molecule has 61 heavy (non-hydrogen) atoms. The quantitative estimate of drug-likeness (QED) is 0.154. The third kappa shape index (κ3) is 5.09. The Labute approximate surface area is 353 Å². The van der Waals surface area contributed by atoms with Crippen molar-refractivity contribution in [3.63, 3.8) is 0 Å². The van der Waals surface area contributed by atoms with Crippen LogP contribution in [0.15, 0.2) is 212 Å². The molecule has 0 aliphatic rings. The number of nitrogens with zero attached hydrogens (tertiary/aromatic N) is 2. The molecule has 0 amide bonds. The third-order valence-electron chi connectivity index (χ3n) is 13.1. The van der Waals surface area contributed by atoms with Gasteiger partial charge < -0.3 is 9.13 Å². The highest BCUT2D eigenvalue weighted by atomic mass is 15.0. The van der Waals surface area contributed by atoms with Crippen molar-refractivity contribution in [1.29, 1.82) is 0 Å². The molecule has 2 nitrogen and oxygen atoms in total. The van der Waals surface area contributed by atoms with E-state index in [1.807, 2.05) is 0 Å². The van der Waals surface area contributed by atoms with E-state index in [0.29, 0.717) is 0 Å². The van der Waals surface area contributed by atoms with Crippen molar-refractivity contribution in [1.82, 2.24) is 9.13 Å². The molecule has 2 heterocycles. The Bertz CT molecular complexity index is 3750. The van der Waals surface area contributed by atoms with E-state index in [0.717, 1.165) is 11.4 Å². The van der Waals surface area contributed by atoms with E-state index in [1.165, 1.54) is 115 Å². The minimum absolute atomic E-state index is 1.14. The van der Waals surface area contributed by atoms with Crippen molar-refractivity contribution < 1.29 is 0 Å². The highest BCUT2D eigenvalue weighted by Gasteiger charge is 2.19. The molecule has 0 radical (unpaired) electrons. The summed E-state index contributed by atoms with van der Waals surface area (Å²) in [6.07, 6.45) is 0. The molecule has 0 N–H and O–H groups in total. The first-order valence-corrected chi connectivity index (χ1v) is 21.2. The van der Waals surface area contributed by atoms with Crippen molar-refractivity contribution in [3.05, 3.63) is 218 Å². The molecule has 0 atom stereocenters. The maximum absolute atomic E-state index is 2.45. The SMILES string of the molecule is Cc1ccc(-c2ccc3ccc4c(-c5cc(-c6ccc(-n7c8ccccc8c8ccccc87)cc6)cc(-n6c7ccccc7c7ccccc76)c5)ccc5ccc2c3c54)cc1. The molecular formula is C59H38N2. The predicted octanol–water partition coefficient (Wildman–Crippen LogP) is 16.1. The second-order valence-corrected chi connectivity index (χ2v) is 16.6. The van der Waals surface area contributed by atoms with Gasteiger partial charge in [0.15, 0.2) is 0 Å². The predicted molar refractivity (Wildman–Crippen MR) is 260 cm³/mol. The average Bonchev–Trinajstić information content (AvgIpc) is 3.84. The second kappa shape index (κ2) is 13.0. The molecular weight excluding hydrogens is 737 g/mol. The number of benzene rings is 11. The number of hydrogen-bond donors (Lipinski definition) is 0. The van der Waals surface area contributed by atoms with Crippen LogP contribution >= 0.6 is 0 Å². The largest absolute Gasteiger partial charge is 0.309 e. The van der Waals surface area contributed by atoms with Gasteiger partial charge in [-0.2, -0.15) is 0 Å². The van der Waals surface area contributed by atoms with Crippen LogP contribution in [0.4, 0.5) is 0 Å². The normalized spacial score (nSPS) is 12.0. The smallest absolute Gasteiger partial charge is 0.0541 e. The van der Waals surface area contributed by atoms with Gasteiger partial charge in [0.2, 0.25) is 0 Å². The highest BCUT2D eigenvalue weighted by molar-refractivity contribution is 6.27. The molecule has 0 saturated carbocycles. The van der Waals surface area contributed by atoms with Gasteiger partial charge in [-0.3, -0.25) is 0 Å². The van der Waals surface area contributed by atoms with E-state index in [1.54, 1.807) is 0 Å². The molecule has 0 bridgehead atoms. The fourth-order valence-electron chi connectivity index (χ4n) is 10.3. The first-order chi connectivity index (χ1) is 30.2. The fourth-order valence-corrected chi connectivity index (χ4v) is 10.3. The van der Waals surface area contributed by atoms with Gasteiger partial charge >= 0.3 is 0 Å². The standard InChI is InChI=1S/C59H38N2/c1-37-18-20-39(21-19-37)46-30-24-40-27-33-53-47(31-25-41-26-32-52(46)58(40)59(41)53)43-34-42(35-45(36-43)61-56-16-8-4-12-50(56)51-13-5-9-17-57(51)61)38-22-28-44(29-23-38)60-54-14-6-2-10-48(54)49-11-3-7-15-55(49)60/h2-36H,1H3. The van der Waals surface area contributed by atoms with Gasteiger partial charge in [-0.15, -0.1) is 0 Å². The summed E-state index contributed by atoms with van der Waals surface area (Å²) in [5.74, 6) is 0. The average molecular weight is 775 g/mol. The number of aryl methyl sites for hydroxylation is 1. The molecule has 0 saturated heterocycles. The highest BCUT2D eigenvalue weighted by Crippen LogP contribution is 2.44. The van der Waals surface area contributed by atoms with Crippen molar-refractivity contribution in [2.24, 2.45) is 0 Å². The summed E-state index contributed by atoms with van der Waals surface area (Å²) in [5, 5.41) is 12.8. The Morgan fingerprint density at radius 2 is 0.689 bits per heavy atom. The molecule has 0 unspecified atom stereocenters. The molecule has 0 aliphatic heterocycles. The minimum Gasteiger partial charge on any atom is -0.309 e. The summed E-state index contributed by atoms with van der Waals surface area (Å²) in [4.78, 5) is 0. The van der Waals surface area contributed by atoms with E-state index in [2.05, 4.69) is 228 Å². The maximum atomic E-state index is 2.45. The lowest BCUT2D eigenvalue weighted by molar-refractivity contribution is 1.18. The number of fused-ring (bicyclic) bond motifs is 6. The van der Waals surface area contributed by atoms with Gasteiger partial charge in [-0.25, -0.2) is 0 Å². The van der Waals surface area contributed by atoms with Crippen molar-refractivity contribution in [3.8, 4) is 44.8 Å². The van der Waals surface area contributed by atoms with Crippen LogP contribution in [0.3, 0.4) is 0 Å². The first-order valence-electron chi connectivity index (χ1n) is 21.2. The lowest BCUT2D eigenvalue weighted by Crippen LogP contribution is -1.97. The summed E-state index contributed by atoms with van der Waals surface area (Å²) in [6, 6.07) is 78.9. The zero-order valence-corrected chi connectivity index (χ0v) is 33.6. The summed E-state index contributed by atoms with van der Waals surface area (Å²) in [5.41, 5.74) is 15.7. The Hall–Kier alpha value is -7.94. The number of para-hydroxylation sites is 4. The zero-order valence-electron chi connectivity index (χ0n) is 33.6. The number of rotatable bonds is 5.